The number of aliphatic carboxylic acids is 2. The smallest absolute Gasteiger partial charge is 0.543 e. The Labute approximate surface area is 60.8 Å². The van der Waals surface area contributed by atoms with Crippen LogP contribution < -0.4 is 10.2 Å². The van der Waals surface area contributed by atoms with Crippen molar-refractivity contribution in [2.24, 2.45) is 0 Å². The van der Waals surface area contributed by atoms with Crippen LogP contribution >= 0.6 is 0 Å². The minimum Gasteiger partial charge on any atom is -0.543 e. The Morgan fingerprint density at radius 2 is 1.12 bits per heavy atom. The van der Waals surface area contributed by atoms with E-state index in [-0.39, 0.29) is 28.5 Å². The van der Waals surface area contributed by atoms with E-state index < -0.39 is 11.9 Å². The molecule has 0 rings (SSSR count). The SMILES string of the molecule is O.O=C([O-])C(=O)[O-].[Mg+2]. The molecule has 0 fully saturated rings. The quantitative estimate of drug-likeness (QED) is 0.242. The van der Waals surface area contributed by atoms with Gasteiger partial charge in [0.2, 0.25) is 0 Å². The van der Waals surface area contributed by atoms with Crippen molar-refractivity contribution in [3.05, 3.63) is 0 Å². The van der Waals surface area contributed by atoms with Crippen molar-refractivity contribution in [2.75, 3.05) is 0 Å². The second-order valence-corrected chi connectivity index (χ2v) is 0.575. The molecule has 0 spiro atoms. The number of carbonyl (C=O) groups excluding carboxylic acids is 2. The summed E-state index contributed by atoms with van der Waals surface area (Å²) in [4.78, 5) is 17.9. The zero-order valence-electron chi connectivity index (χ0n) is 3.84. The second kappa shape index (κ2) is 6.67. The fraction of sp³-hybridized carbons (Fsp3) is 0. The first-order valence-corrected chi connectivity index (χ1v) is 1.07. The Bertz CT molecular complexity index is 76.4. The molecule has 0 saturated carbocycles. The summed E-state index contributed by atoms with van der Waals surface area (Å²) in [5.74, 6) is -4.37. The van der Waals surface area contributed by atoms with E-state index in [1.165, 1.54) is 0 Å². The van der Waals surface area contributed by atoms with Gasteiger partial charge in [0.25, 0.3) is 0 Å². The zero-order chi connectivity index (χ0) is 5.15. The molecular formula is C2H2MgO5. The van der Waals surface area contributed by atoms with Gasteiger partial charge >= 0.3 is 23.1 Å². The molecule has 0 unspecified atom stereocenters. The third-order valence-corrected chi connectivity index (χ3v) is 0.167. The Hall–Kier alpha value is -0.334. The molecular weight excluding hydrogens is 128 g/mol. The van der Waals surface area contributed by atoms with Crippen LogP contribution in [0.1, 0.15) is 0 Å². The topological polar surface area (TPSA) is 112 Å². The van der Waals surface area contributed by atoms with E-state index in [1.54, 1.807) is 0 Å². The molecule has 0 aromatic carbocycles. The van der Waals surface area contributed by atoms with Gasteiger partial charge in [0.1, 0.15) is 0 Å². The summed E-state index contributed by atoms with van der Waals surface area (Å²) in [6.07, 6.45) is 0. The van der Waals surface area contributed by atoms with Gasteiger partial charge in [0.15, 0.2) is 0 Å². The van der Waals surface area contributed by atoms with Crippen LogP contribution in [-0.4, -0.2) is 40.5 Å². The van der Waals surface area contributed by atoms with Crippen LogP contribution in [0.25, 0.3) is 0 Å². The van der Waals surface area contributed by atoms with Crippen molar-refractivity contribution in [3.8, 4) is 0 Å². The van der Waals surface area contributed by atoms with E-state index in [4.69, 9.17) is 19.8 Å². The number of hydrogen-bond donors (Lipinski definition) is 0. The van der Waals surface area contributed by atoms with Crippen LogP contribution in [0.5, 0.6) is 0 Å². The number of carboxylic acid groups (broad SMARTS) is 2. The van der Waals surface area contributed by atoms with E-state index in [1.807, 2.05) is 0 Å². The van der Waals surface area contributed by atoms with E-state index in [9.17, 15) is 0 Å². The van der Waals surface area contributed by atoms with Gasteiger partial charge in [-0.25, -0.2) is 0 Å². The van der Waals surface area contributed by atoms with Gasteiger partial charge in [-0.3, -0.25) is 0 Å². The Morgan fingerprint density at radius 3 is 1.12 bits per heavy atom. The molecule has 0 atom stereocenters. The predicted octanol–water partition coefficient (Wildman–Crippen LogP) is -4.72. The molecule has 5 nitrogen and oxygen atoms in total. The van der Waals surface area contributed by atoms with Crippen molar-refractivity contribution in [3.63, 3.8) is 0 Å². The van der Waals surface area contributed by atoms with Crippen LogP contribution in [0.15, 0.2) is 0 Å². The molecule has 6 heteroatoms. The summed E-state index contributed by atoms with van der Waals surface area (Å²) in [5.41, 5.74) is 0. The van der Waals surface area contributed by atoms with E-state index in [0.717, 1.165) is 0 Å². The van der Waals surface area contributed by atoms with Crippen LogP contribution in [0.4, 0.5) is 0 Å². The number of carbonyl (C=O) groups is 2. The van der Waals surface area contributed by atoms with E-state index >= 15 is 0 Å². The monoisotopic (exact) mass is 130 g/mol. The minimum absolute atomic E-state index is 0. The molecule has 0 aliphatic rings. The van der Waals surface area contributed by atoms with Crippen molar-refractivity contribution >= 4 is 35.0 Å². The molecule has 42 valence electrons. The summed E-state index contributed by atoms with van der Waals surface area (Å²) in [6.45, 7) is 0. The maximum absolute atomic E-state index is 8.93. The van der Waals surface area contributed by atoms with Crippen molar-refractivity contribution in [1.82, 2.24) is 0 Å². The van der Waals surface area contributed by atoms with Gasteiger partial charge in [-0.05, 0) is 0 Å². The van der Waals surface area contributed by atoms with Crippen LogP contribution in [-0.2, 0) is 9.59 Å². The van der Waals surface area contributed by atoms with E-state index in [0.29, 0.717) is 0 Å². The zero-order valence-corrected chi connectivity index (χ0v) is 5.25. The summed E-state index contributed by atoms with van der Waals surface area (Å²) in [7, 11) is 0. The van der Waals surface area contributed by atoms with Gasteiger partial charge in [-0.1, -0.05) is 0 Å². The Morgan fingerprint density at radius 1 is 1.00 bits per heavy atom. The summed E-state index contributed by atoms with van der Waals surface area (Å²) >= 11 is 0. The third-order valence-electron chi connectivity index (χ3n) is 0.167. The Balaban J connectivity index is -0.000000125. The first-order chi connectivity index (χ1) is 2.64. The molecule has 0 aromatic rings. The third kappa shape index (κ3) is 9.18. The molecule has 0 saturated heterocycles. The average molecular weight is 130 g/mol. The van der Waals surface area contributed by atoms with Crippen LogP contribution in [0.3, 0.4) is 0 Å². The summed E-state index contributed by atoms with van der Waals surface area (Å²) < 4.78 is 0. The largest absolute Gasteiger partial charge is 2.00 e. The molecule has 0 radical (unpaired) electrons. The fourth-order valence-corrected chi connectivity index (χ4v) is 0. The summed E-state index contributed by atoms with van der Waals surface area (Å²) in [6, 6.07) is 0. The molecule has 0 heterocycles. The van der Waals surface area contributed by atoms with Crippen molar-refractivity contribution < 1.29 is 25.3 Å². The van der Waals surface area contributed by atoms with Crippen LogP contribution in [0.2, 0.25) is 0 Å². The Kier molecular flexibility index (Phi) is 13.0. The van der Waals surface area contributed by atoms with Gasteiger partial charge < -0.3 is 25.3 Å². The number of carboxylic acids is 2. The first-order valence-electron chi connectivity index (χ1n) is 1.07. The van der Waals surface area contributed by atoms with Crippen molar-refractivity contribution in [2.45, 2.75) is 0 Å². The first kappa shape index (κ1) is 15.6. The van der Waals surface area contributed by atoms with Gasteiger partial charge in [-0.15, -0.1) is 0 Å². The maximum atomic E-state index is 8.93. The normalized spacial score (nSPS) is 5.50. The van der Waals surface area contributed by atoms with Gasteiger partial charge in [0.05, 0.1) is 11.9 Å². The minimum atomic E-state index is -2.19. The number of hydrogen-bond acceptors (Lipinski definition) is 4. The fourth-order valence-electron chi connectivity index (χ4n) is 0. The standard InChI is InChI=1S/C2H2O4.Mg.H2O/c3-1(4)2(5)6;;/h(H,3,4)(H,5,6);;1H2/q;+2;/p-2. The number of rotatable bonds is 0. The van der Waals surface area contributed by atoms with Crippen molar-refractivity contribution in [1.29, 1.82) is 0 Å². The molecule has 0 aliphatic heterocycles. The predicted molar refractivity (Wildman–Crippen MR) is 19.4 cm³/mol. The molecule has 0 bridgehead atoms. The molecule has 0 amide bonds. The molecule has 0 aliphatic carbocycles. The summed E-state index contributed by atoms with van der Waals surface area (Å²) in [5, 5.41) is 17.9. The molecule has 2 N–H and O–H groups in total. The van der Waals surface area contributed by atoms with Gasteiger partial charge in [-0.2, -0.15) is 0 Å². The second-order valence-electron chi connectivity index (χ2n) is 0.575. The maximum Gasteiger partial charge on any atom is 2.00 e. The molecule has 0 aromatic heterocycles. The average Bonchev–Trinajstić information content (AvgIpc) is 1.36. The van der Waals surface area contributed by atoms with E-state index in [2.05, 4.69) is 0 Å². The molecule has 8 heavy (non-hydrogen) atoms. The van der Waals surface area contributed by atoms with Gasteiger partial charge in [0, 0.05) is 0 Å². The van der Waals surface area contributed by atoms with Crippen LogP contribution in [0, 0.1) is 0 Å².